The summed E-state index contributed by atoms with van der Waals surface area (Å²) < 4.78 is 0. The number of rotatable bonds is 3. The average Bonchev–Trinajstić information content (AvgIpc) is 2.72. The van der Waals surface area contributed by atoms with Gasteiger partial charge in [-0.1, -0.05) is 6.92 Å². The molecule has 0 radical (unpaired) electrons. The maximum atomic E-state index is 12.1. The van der Waals surface area contributed by atoms with Crippen molar-refractivity contribution in [3.05, 3.63) is 15.6 Å². The second kappa shape index (κ2) is 5.60. The third kappa shape index (κ3) is 3.04. The molecule has 1 aromatic rings. The van der Waals surface area contributed by atoms with Crippen LogP contribution in [0, 0.1) is 6.92 Å². The Balaban J connectivity index is 2.00. The van der Waals surface area contributed by atoms with Gasteiger partial charge < -0.3 is 10.6 Å². The molecule has 1 aliphatic heterocycles. The molecule has 1 atom stereocenters. The Hall–Kier alpha value is -0.940. The normalized spacial score (nSPS) is 20.2. The molecule has 4 nitrogen and oxygen atoms in total. The van der Waals surface area contributed by atoms with Gasteiger partial charge in [0, 0.05) is 12.6 Å². The highest BCUT2D eigenvalue weighted by Crippen LogP contribution is 2.18. The molecule has 0 saturated carbocycles. The van der Waals surface area contributed by atoms with Gasteiger partial charge in [-0.15, -0.1) is 11.3 Å². The molecule has 1 saturated heterocycles. The Morgan fingerprint density at radius 1 is 1.65 bits per heavy atom. The second-order valence-electron chi connectivity index (χ2n) is 4.39. The van der Waals surface area contributed by atoms with Crippen molar-refractivity contribution < 1.29 is 4.79 Å². The number of amides is 1. The highest BCUT2D eigenvalue weighted by atomic mass is 32.1. The van der Waals surface area contributed by atoms with E-state index in [1.54, 1.807) is 0 Å². The number of nitrogens with one attached hydrogen (secondary N) is 2. The first-order valence-corrected chi connectivity index (χ1v) is 7.00. The minimum Gasteiger partial charge on any atom is -0.347 e. The molecule has 5 heteroatoms. The van der Waals surface area contributed by atoms with E-state index >= 15 is 0 Å². The fourth-order valence-corrected chi connectivity index (χ4v) is 2.95. The zero-order chi connectivity index (χ0) is 12.3. The van der Waals surface area contributed by atoms with Crippen molar-refractivity contribution in [2.75, 3.05) is 13.1 Å². The van der Waals surface area contributed by atoms with Crippen LogP contribution < -0.4 is 10.6 Å². The summed E-state index contributed by atoms with van der Waals surface area (Å²) in [5.74, 6) is 0.0356. The summed E-state index contributed by atoms with van der Waals surface area (Å²) >= 11 is 1.51. The van der Waals surface area contributed by atoms with Gasteiger partial charge in [-0.05, 0) is 32.7 Å². The third-order valence-electron chi connectivity index (χ3n) is 2.98. The van der Waals surface area contributed by atoms with Crippen LogP contribution >= 0.6 is 11.3 Å². The molecule has 0 unspecified atom stereocenters. The number of aromatic nitrogens is 1. The summed E-state index contributed by atoms with van der Waals surface area (Å²) in [5.41, 5.74) is 0.855. The van der Waals surface area contributed by atoms with Crippen molar-refractivity contribution >= 4 is 17.2 Å². The van der Waals surface area contributed by atoms with Crippen LogP contribution in [0.2, 0.25) is 0 Å². The van der Waals surface area contributed by atoms with Crippen LogP contribution in [0.15, 0.2) is 0 Å². The monoisotopic (exact) mass is 253 g/mol. The van der Waals surface area contributed by atoms with Crippen LogP contribution in [0.4, 0.5) is 0 Å². The van der Waals surface area contributed by atoms with E-state index < -0.39 is 0 Å². The fourth-order valence-electron chi connectivity index (χ4n) is 2.04. The minimum absolute atomic E-state index is 0.0356. The number of nitrogens with zero attached hydrogens (tertiary/aromatic N) is 1. The molecule has 17 heavy (non-hydrogen) atoms. The predicted molar refractivity (Wildman–Crippen MR) is 69.6 cm³/mol. The van der Waals surface area contributed by atoms with Crippen LogP contribution in [0.5, 0.6) is 0 Å². The molecule has 0 spiro atoms. The maximum absolute atomic E-state index is 12.1. The highest BCUT2D eigenvalue weighted by molar-refractivity contribution is 7.13. The van der Waals surface area contributed by atoms with E-state index in [1.807, 2.05) is 6.92 Å². The Morgan fingerprint density at radius 2 is 2.47 bits per heavy atom. The molecule has 2 N–H and O–H groups in total. The number of thiazole rings is 1. The topological polar surface area (TPSA) is 54.0 Å². The first kappa shape index (κ1) is 12.5. The summed E-state index contributed by atoms with van der Waals surface area (Å²) in [6, 6.07) is 0.267. The van der Waals surface area contributed by atoms with Gasteiger partial charge in [0.05, 0.1) is 10.7 Å². The van der Waals surface area contributed by atoms with E-state index in [0.29, 0.717) is 0 Å². The number of piperidine rings is 1. The first-order chi connectivity index (χ1) is 8.20. The van der Waals surface area contributed by atoms with Crippen LogP contribution in [-0.2, 0) is 6.42 Å². The smallest absolute Gasteiger partial charge is 0.263 e. The summed E-state index contributed by atoms with van der Waals surface area (Å²) in [6.07, 6.45) is 3.09. The van der Waals surface area contributed by atoms with Gasteiger partial charge in [-0.2, -0.15) is 0 Å². The molecule has 2 rings (SSSR count). The molecule has 2 heterocycles. The Labute approximate surface area is 106 Å². The minimum atomic E-state index is 0.0356. The quantitative estimate of drug-likeness (QED) is 0.858. The van der Waals surface area contributed by atoms with Gasteiger partial charge in [-0.3, -0.25) is 4.79 Å². The third-order valence-corrected chi connectivity index (χ3v) is 4.28. The van der Waals surface area contributed by atoms with E-state index in [2.05, 4.69) is 22.5 Å². The molecular weight excluding hydrogens is 234 g/mol. The molecule has 0 aromatic carbocycles. The molecule has 94 valence electrons. The van der Waals surface area contributed by atoms with Gasteiger partial charge in [0.15, 0.2) is 0 Å². The number of hydrogen-bond acceptors (Lipinski definition) is 4. The van der Waals surface area contributed by atoms with Crippen molar-refractivity contribution in [3.63, 3.8) is 0 Å². The van der Waals surface area contributed by atoms with Gasteiger partial charge in [0.2, 0.25) is 0 Å². The molecule has 1 aromatic heterocycles. The summed E-state index contributed by atoms with van der Waals surface area (Å²) in [4.78, 5) is 17.3. The zero-order valence-electron chi connectivity index (χ0n) is 10.4. The molecular formula is C12H19N3OS. The summed E-state index contributed by atoms with van der Waals surface area (Å²) in [5, 5.41) is 7.41. The molecule has 0 aliphatic carbocycles. The molecule has 1 amide bonds. The van der Waals surface area contributed by atoms with Crippen LogP contribution in [-0.4, -0.2) is 30.0 Å². The highest BCUT2D eigenvalue weighted by Gasteiger charge is 2.19. The van der Waals surface area contributed by atoms with E-state index in [-0.39, 0.29) is 11.9 Å². The van der Waals surface area contributed by atoms with E-state index in [1.165, 1.54) is 11.3 Å². The number of aryl methyl sites for hydroxylation is 2. The maximum Gasteiger partial charge on any atom is 0.263 e. The van der Waals surface area contributed by atoms with E-state index in [0.717, 1.165) is 47.9 Å². The van der Waals surface area contributed by atoms with Gasteiger partial charge in [0.25, 0.3) is 5.91 Å². The fraction of sp³-hybridized carbons (Fsp3) is 0.667. The lowest BCUT2D eigenvalue weighted by atomic mass is 10.1. The van der Waals surface area contributed by atoms with Gasteiger partial charge >= 0.3 is 0 Å². The number of carbonyl (C=O) groups excluding carboxylic acids is 1. The lowest BCUT2D eigenvalue weighted by molar-refractivity contribution is 0.0934. The van der Waals surface area contributed by atoms with E-state index in [4.69, 9.17) is 0 Å². The molecule has 1 aliphatic rings. The van der Waals surface area contributed by atoms with Crippen molar-refractivity contribution in [1.82, 2.24) is 15.6 Å². The van der Waals surface area contributed by atoms with Gasteiger partial charge in [0.1, 0.15) is 4.88 Å². The van der Waals surface area contributed by atoms with Crippen molar-refractivity contribution in [2.45, 2.75) is 39.2 Å². The standard InChI is InChI=1S/C12H19N3OS/c1-3-10-14-8(2)11(17-10)12(16)15-9-5-4-6-13-7-9/h9,13H,3-7H2,1-2H3,(H,15,16)/t9-/m0/s1. The van der Waals surface area contributed by atoms with Crippen molar-refractivity contribution in [1.29, 1.82) is 0 Å². The average molecular weight is 253 g/mol. The first-order valence-electron chi connectivity index (χ1n) is 6.18. The Kier molecular flexibility index (Phi) is 4.12. The molecule has 1 fully saturated rings. The van der Waals surface area contributed by atoms with Gasteiger partial charge in [-0.25, -0.2) is 4.98 Å². The van der Waals surface area contributed by atoms with Crippen LogP contribution in [0.1, 0.15) is 40.1 Å². The van der Waals surface area contributed by atoms with E-state index in [9.17, 15) is 4.79 Å². The summed E-state index contributed by atoms with van der Waals surface area (Å²) in [6.45, 7) is 5.91. The lowest BCUT2D eigenvalue weighted by Crippen LogP contribution is -2.45. The summed E-state index contributed by atoms with van der Waals surface area (Å²) in [7, 11) is 0. The lowest BCUT2D eigenvalue weighted by Gasteiger charge is -2.23. The number of carbonyl (C=O) groups is 1. The molecule has 0 bridgehead atoms. The predicted octanol–water partition coefficient (Wildman–Crippen LogP) is 1.50. The Morgan fingerprint density at radius 3 is 3.06 bits per heavy atom. The zero-order valence-corrected chi connectivity index (χ0v) is 11.2. The van der Waals surface area contributed by atoms with Crippen molar-refractivity contribution in [2.24, 2.45) is 0 Å². The second-order valence-corrected chi connectivity index (χ2v) is 5.48. The van der Waals surface area contributed by atoms with Crippen molar-refractivity contribution in [3.8, 4) is 0 Å². The largest absolute Gasteiger partial charge is 0.347 e. The van der Waals surface area contributed by atoms with Crippen LogP contribution in [0.25, 0.3) is 0 Å². The number of hydrogen-bond donors (Lipinski definition) is 2. The van der Waals surface area contributed by atoms with Crippen LogP contribution in [0.3, 0.4) is 0 Å². The SMILES string of the molecule is CCc1nc(C)c(C(=O)N[C@H]2CCCNC2)s1. The Bertz CT molecular complexity index is 396.